The molecule has 0 saturated carbocycles. The van der Waals surface area contributed by atoms with Gasteiger partial charge in [0.15, 0.2) is 5.78 Å². The summed E-state index contributed by atoms with van der Waals surface area (Å²) in [6, 6.07) is 1.80. The fourth-order valence-electron chi connectivity index (χ4n) is 1.08. The summed E-state index contributed by atoms with van der Waals surface area (Å²) >= 11 is 4.70. The number of carbonyl (C=O) groups is 2. The van der Waals surface area contributed by atoms with Crippen molar-refractivity contribution in [3.05, 3.63) is 20.8 Å². The zero-order valence-corrected chi connectivity index (χ0v) is 10.7. The summed E-state index contributed by atoms with van der Waals surface area (Å²) in [6.45, 7) is 0. The first kappa shape index (κ1) is 12.4. The van der Waals surface area contributed by atoms with Crippen LogP contribution in [0.2, 0.25) is 0 Å². The summed E-state index contributed by atoms with van der Waals surface area (Å²) in [5, 5.41) is 1.87. The second-order valence-corrected chi connectivity index (χ2v) is 4.81. The molecule has 1 rings (SSSR count). The zero-order chi connectivity index (χ0) is 11.3. The highest BCUT2D eigenvalue weighted by Gasteiger charge is 2.09. The van der Waals surface area contributed by atoms with Crippen LogP contribution in [-0.2, 0) is 9.53 Å². The molecule has 0 bridgehead atoms. The van der Waals surface area contributed by atoms with Crippen LogP contribution in [0.3, 0.4) is 0 Å². The molecule has 0 amide bonds. The average Bonchev–Trinajstić information content (AvgIpc) is 2.64. The predicted octanol–water partition coefficient (Wildman–Crippen LogP) is 3.04. The van der Waals surface area contributed by atoms with Crippen molar-refractivity contribution in [3.8, 4) is 0 Å². The monoisotopic (exact) mass is 290 g/mol. The van der Waals surface area contributed by atoms with Crippen molar-refractivity contribution in [1.82, 2.24) is 0 Å². The Morgan fingerprint density at radius 1 is 1.47 bits per heavy atom. The molecule has 82 valence electrons. The summed E-state index contributed by atoms with van der Waals surface area (Å²) in [6.07, 6.45) is 1.23. The van der Waals surface area contributed by atoms with Crippen molar-refractivity contribution in [2.45, 2.75) is 19.3 Å². The SMILES string of the molecule is COC(=O)CCCC(=O)c1cc(Br)cs1. The summed E-state index contributed by atoms with van der Waals surface area (Å²) in [5.41, 5.74) is 0. The van der Waals surface area contributed by atoms with Gasteiger partial charge in [-0.1, -0.05) is 0 Å². The van der Waals surface area contributed by atoms with Crippen LogP contribution in [0, 0.1) is 0 Å². The fraction of sp³-hybridized carbons (Fsp3) is 0.400. The lowest BCUT2D eigenvalue weighted by molar-refractivity contribution is -0.140. The summed E-state index contributed by atoms with van der Waals surface area (Å²) in [7, 11) is 1.35. The van der Waals surface area contributed by atoms with E-state index in [9.17, 15) is 9.59 Å². The number of hydrogen-bond acceptors (Lipinski definition) is 4. The third kappa shape index (κ3) is 4.13. The van der Waals surface area contributed by atoms with Crippen LogP contribution < -0.4 is 0 Å². The normalized spacial score (nSPS) is 10.0. The summed E-state index contributed by atoms with van der Waals surface area (Å²) in [4.78, 5) is 23.1. The number of hydrogen-bond donors (Lipinski definition) is 0. The Morgan fingerprint density at radius 2 is 2.20 bits per heavy atom. The van der Waals surface area contributed by atoms with Gasteiger partial charge in [-0.15, -0.1) is 11.3 Å². The molecule has 1 heterocycles. The largest absolute Gasteiger partial charge is 0.469 e. The molecule has 0 aliphatic carbocycles. The molecule has 0 saturated heterocycles. The first-order valence-corrected chi connectivity index (χ1v) is 6.15. The van der Waals surface area contributed by atoms with Crippen LogP contribution in [0.25, 0.3) is 0 Å². The van der Waals surface area contributed by atoms with Crippen molar-refractivity contribution in [2.24, 2.45) is 0 Å². The molecular weight excluding hydrogens is 280 g/mol. The number of carbonyl (C=O) groups excluding carboxylic acids is 2. The molecule has 0 atom stereocenters. The van der Waals surface area contributed by atoms with Gasteiger partial charge >= 0.3 is 5.97 Å². The molecule has 0 aliphatic rings. The van der Waals surface area contributed by atoms with E-state index in [-0.39, 0.29) is 11.8 Å². The Balaban J connectivity index is 2.34. The number of ether oxygens (including phenoxy) is 1. The summed E-state index contributed by atoms with van der Waals surface area (Å²) < 4.78 is 5.41. The molecule has 5 heteroatoms. The van der Waals surface area contributed by atoms with Gasteiger partial charge in [0, 0.05) is 22.7 Å². The van der Waals surface area contributed by atoms with E-state index in [0.29, 0.717) is 19.3 Å². The highest BCUT2D eigenvalue weighted by Crippen LogP contribution is 2.21. The quantitative estimate of drug-likeness (QED) is 0.618. The molecule has 0 spiro atoms. The minimum atomic E-state index is -0.268. The van der Waals surface area contributed by atoms with E-state index in [1.165, 1.54) is 18.4 Å². The van der Waals surface area contributed by atoms with Crippen LogP contribution in [0.15, 0.2) is 15.9 Å². The van der Waals surface area contributed by atoms with Gasteiger partial charge < -0.3 is 4.74 Å². The van der Waals surface area contributed by atoms with Crippen LogP contribution in [0.5, 0.6) is 0 Å². The number of methoxy groups -OCH3 is 1. The second-order valence-electron chi connectivity index (χ2n) is 2.98. The fourth-order valence-corrected chi connectivity index (χ4v) is 2.47. The average molecular weight is 291 g/mol. The van der Waals surface area contributed by atoms with E-state index in [0.717, 1.165) is 9.35 Å². The number of ketones is 1. The highest BCUT2D eigenvalue weighted by atomic mass is 79.9. The van der Waals surface area contributed by atoms with Crippen LogP contribution in [0.4, 0.5) is 0 Å². The molecule has 0 unspecified atom stereocenters. The minimum absolute atomic E-state index is 0.0783. The van der Waals surface area contributed by atoms with Crippen molar-refractivity contribution in [1.29, 1.82) is 0 Å². The molecule has 0 aliphatic heterocycles. The lowest BCUT2D eigenvalue weighted by atomic mass is 10.1. The standard InChI is InChI=1S/C10H11BrO3S/c1-14-10(13)4-2-3-8(12)9-5-7(11)6-15-9/h5-6H,2-4H2,1H3. The van der Waals surface area contributed by atoms with Gasteiger partial charge in [0.1, 0.15) is 0 Å². The van der Waals surface area contributed by atoms with Crippen molar-refractivity contribution in [3.63, 3.8) is 0 Å². The van der Waals surface area contributed by atoms with Gasteiger partial charge in [-0.3, -0.25) is 9.59 Å². The second kappa shape index (κ2) is 6.02. The predicted molar refractivity (Wildman–Crippen MR) is 62.2 cm³/mol. The summed E-state index contributed by atoms with van der Waals surface area (Å²) in [5.74, 6) is -0.190. The molecule has 0 N–H and O–H groups in total. The maximum absolute atomic E-state index is 11.6. The number of thiophene rings is 1. The van der Waals surface area contributed by atoms with Crippen molar-refractivity contribution in [2.75, 3.05) is 7.11 Å². The first-order valence-electron chi connectivity index (χ1n) is 4.47. The van der Waals surface area contributed by atoms with E-state index in [1.807, 2.05) is 5.38 Å². The number of esters is 1. The van der Waals surface area contributed by atoms with Gasteiger partial charge in [0.2, 0.25) is 0 Å². The first-order chi connectivity index (χ1) is 7.13. The maximum Gasteiger partial charge on any atom is 0.305 e. The Bertz CT molecular complexity index is 359. The Labute approximate surface area is 101 Å². The Hall–Kier alpha value is -0.680. The molecule has 3 nitrogen and oxygen atoms in total. The molecule has 0 aromatic carbocycles. The van der Waals surface area contributed by atoms with E-state index < -0.39 is 0 Å². The van der Waals surface area contributed by atoms with Crippen LogP contribution in [-0.4, -0.2) is 18.9 Å². The van der Waals surface area contributed by atoms with E-state index >= 15 is 0 Å². The number of rotatable bonds is 5. The lowest BCUT2D eigenvalue weighted by Gasteiger charge is -1.98. The van der Waals surface area contributed by atoms with Crippen LogP contribution in [0.1, 0.15) is 28.9 Å². The van der Waals surface area contributed by atoms with Gasteiger partial charge in [-0.25, -0.2) is 0 Å². The van der Waals surface area contributed by atoms with Gasteiger partial charge in [0.05, 0.1) is 12.0 Å². The van der Waals surface area contributed by atoms with Crippen molar-refractivity contribution >= 4 is 39.0 Å². The topological polar surface area (TPSA) is 43.4 Å². The lowest BCUT2D eigenvalue weighted by Crippen LogP contribution is -2.02. The molecule has 0 fully saturated rings. The molecule has 0 radical (unpaired) electrons. The van der Waals surface area contributed by atoms with Gasteiger partial charge in [0.25, 0.3) is 0 Å². The minimum Gasteiger partial charge on any atom is -0.469 e. The van der Waals surface area contributed by atoms with E-state index in [1.54, 1.807) is 6.07 Å². The molecule has 15 heavy (non-hydrogen) atoms. The molecule has 1 aromatic heterocycles. The third-order valence-corrected chi connectivity index (χ3v) is 3.59. The molecule has 1 aromatic rings. The number of halogens is 1. The maximum atomic E-state index is 11.6. The zero-order valence-electron chi connectivity index (χ0n) is 8.29. The van der Waals surface area contributed by atoms with Crippen molar-refractivity contribution < 1.29 is 14.3 Å². The van der Waals surface area contributed by atoms with E-state index in [2.05, 4.69) is 20.7 Å². The highest BCUT2D eigenvalue weighted by molar-refractivity contribution is 9.10. The third-order valence-electron chi connectivity index (χ3n) is 1.85. The number of Topliss-reactive ketones (excluding diaryl/α,β-unsaturated/α-hetero) is 1. The van der Waals surface area contributed by atoms with Gasteiger partial charge in [-0.05, 0) is 28.4 Å². The molecular formula is C10H11BrO3S. The Morgan fingerprint density at radius 3 is 2.73 bits per heavy atom. The van der Waals surface area contributed by atoms with Crippen LogP contribution >= 0.6 is 27.3 Å². The van der Waals surface area contributed by atoms with E-state index in [4.69, 9.17) is 0 Å². The van der Waals surface area contributed by atoms with Gasteiger partial charge in [-0.2, -0.15) is 0 Å². The smallest absolute Gasteiger partial charge is 0.305 e. The Kier molecular flexibility index (Phi) is 4.98.